The highest BCUT2D eigenvalue weighted by Crippen LogP contribution is 2.32. The second-order valence-electron chi connectivity index (χ2n) is 8.09. The monoisotopic (exact) mass is 411 g/mol. The standard InChI is InChI=1S/C23H26ClN3O2/c24-21-10-4-3-9-20(21)23(29)27-14-17-12-26(13-18(17)15-27)11-5-7-16-6-1-2-8-19(16)22(25)28/h1-4,6,8-10,17-18H,5,7,11-15H2,(H2,25,28)/t17-,18?/m0/s1. The summed E-state index contributed by atoms with van der Waals surface area (Å²) in [6.45, 7) is 4.65. The first-order valence-corrected chi connectivity index (χ1v) is 10.5. The number of fused-ring (bicyclic) bond motifs is 1. The molecule has 5 nitrogen and oxygen atoms in total. The predicted octanol–water partition coefficient (Wildman–Crippen LogP) is 3.08. The van der Waals surface area contributed by atoms with Gasteiger partial charge in [0.2, 0.25) is 5.91 Å². The van der Waals surface area contributed by atoms with E-state index in [9.17, 15) is 9.59 Å². The Balaban J connectivity index is 1.27. The zero-order chi connectivity index (χ0) is 20.4. The third kappa shape index (κ3) is 4.31. The van der Waals surface area contributed by atoms with Crippen LogP contribution < -0.4 is 5.73 Å². The molecule has 1 unspecified atom stereocenters. The number of carbonyl (C=O) groups excluding carboxylic acids is 2. The number of hydrogen-bond acceptors (Lipinski definition) is 3. The van der Waals surface area contributed by atoms with Crippen LogP contribution in [0.15, 0.2) is 48.5 Å². The number of amides is 2. The van der Waals surface area contributed by atoms with Gasteiger partial charge >= 0.3 is 0 Å². The quantitative estimate of drug-likeness (QED) is 0.794. The molecule has 152 valence electrons. The molecule has 0 aliphatic carbocycles. The SMILES string of the molecule is NC(=O)c1ccccc1CCCN1CC2CN(C(=O)c3ccccc3Cl)C[C@@H]2C1. The molecule has 0 aromatic heterocycles. The maximum absolute atomic E-state index is 12.8. The van der Waals surface area contributed by atoms with Crippen LogP contribution in [-0.2, 0) is 6.42 Å². The molecular formula is C23H26ClN3O2. The van der Waals surface area contributed by atoms with Gasteiger partial charge in [0.05, 0.1) is 10.6 Å². The Morgan fingerprint density at radius 2 is 1.55 bits per heavy atom. The van der Waals surface area contributed by atoms with Gasteiger partial charge in [-0.3, -0.25) is 9.59 Å². The summed E-state index contributed by atoms with van der Waals surface area (Å²) in [7, 11) is 0. The topological polar surface area (TPSA) is 66.6 Å². The average Bonchev–Trinajstić information content (AvgIpc) is 3.27. The number of primary amides is 1. The number of carbonyl (C=O) groups is 2. The first-order valence-electron chi connectivity index (χ1n) is 10.2. The molecule has 2 aliphatic rings. The van der Waals surface area contributed by atoms with Crippen molar-refractivity contribution in [3.05, 3.63) is 70.2 Å². The van der Waals surface area contributed by atoms with Crippen molar-refractivity contribution in [3.8, 4) is 0 Å². The van der Waals surface area contributed by atoms with Crippen LogP contribution in [0.4, 0.5) is 0 Å². The lowest BCUT2D eigenvalue weighted by Gasteiger charge is -2.22. The van der Waals surface area contributed by atoms with E-state index in [1.165, 1.54) is 0 Å². The Kier molecular flexibility index (Phi) is 5.88. The van der Waals surface area contributed by atoms with Crippen molar-refractivity contribution in [2.75, 3.05) is 32.7 Å². The second-order valence-corrected chi connectivity index (χ2v) is 8.50. The maximum atomic E-state index is 12.8. The minimum atomic E-state index is -0.361. The van der Waals surface area contributed by atoms with E-state index in [1.807, 2.05) is 35.2 Å². The highest BCUT2D eigenvalue weighted by Gasteiger charge is 2.41. The Labute approximate surface area is 176 Å². The van der Waals surface area contributed by atoms with Crippen LogP contribution in [0, 0.1) is 11.8 Å². The zero-order valence-corrected chi connectivity index (χ0v) is 17.1. The van der Waals surface area contributed by atoms with Crippen molar-refractivity contribution in [3.63, 3.8) is 0 Å². The molecule has 2 N–H and O–H groups in total. The van der Waals surface area contributed by atoms with Gasteiger partial charge in [0.25, 0.3) is 5.91 Å². The Bertz CT molecular complexity index is 903. The van der Waals surface area contributed by atoms with E-state index in [2.05, 4.69) is 4.90 Å². The Hall–Kier alpha value is -2.37. The number of aryl methyl sites for hydroxylation is 1. The van der Waals surface area contributed by atoms with Crippen LogP contribution in [0.2, 0.25) is 5.02 Å². The molecule has 2 saturated heterocycles. The number of likely N-dealkylation sites (tertiary alicyclic amines) is 2. The third-order valence-corrected chi connectivity index (χ3v) is 6.49. The number of halogens is 1. The molecule has 2 amide bonds. The average molecular weight is 412 g/mol. The van der Waals surface area contributed by atoms with E-state index >= 15 is 0 Å². The van der Waals surface area contributed by atoms with Gasteiger partial charge in [-0.25, -0.2) is 0 Å². The highest BCUT2D eigenvalue weighted by atomic mass is 35.5. The minimum Gasteiger partial charge on any atom is -0.366 e. The lowest BCUT2D eigenvalue weighted by atomic mass is 10.0. The van der Waals surface area contributed by atoms with Gasteiger partial charge in [-0.2, -0.15) is 0 Å². The lowest BCUT2D eigenvalue weighted by molar-refractivity contribution is 0.0774. The van der Waals surface area contributed by atoms with Gasteiger partial charge in [-0.1, -0.05) is 41.9 Å². The smallest absolute Gasteiger partial charge is 0.255 e. The number of hydrogen-bond donors (Lipinski definition) is 1. The molecule has 0 bridgehead atoms. The third-order valence-electron chi connectivity index (χ3n) is 6.16. The largest absolute Gasteiger partial charge is 0.366 e. The molecule has 6 heteroatoms. The van der Waals surface area contributed by atoms with Crippen molar-refractivity contribution in [2.24, 2.45) is 17.6 Å². The van der Waals surface area contributed by atoms with Crippen LogP contribution in [0.1, 0.15) is 32.7 Å². The fourth-order valence-electron chi connectivity index (χ4n) is 4.72. The predicted molar refractivity (Wildman–Crippen MR) is 114 cm³/mol. The minimum absolute atomic E-state index is 0.0413. The van der Waals surface area contributed by atoms with E-state index < -0.39 is 0 Å². The Morgan fingerprint density at radius 1 is 0.931 bits per heavy atom. The first kappa shape index (κ1) is 19.9. The summed E-state index contributed by atoms with van der Waals surface area (Å²) < 4.78 is 0. The molecule has 2 aliphatic heterocycles. The second kappa shape index (κ2) is 8.56. The molecule has 4 rings (SSSR count). The van der Waals surface area contributed by atoms with Crippen LogP contribution in [0.3, 0.4) is 0 Å². The molecule has 29 heavy (non-hydrogen) atoms. The molecule has 0 spiro atoms. The summed E-state index contributed by atoms with van der Waals surface area (Å²) in [6, 6.07) is 14.8. The summed E-state index contributed by atoms with van der Waals surface area (Å²) in [5.41, 5.74) is 7.71. The number of benzene rings is 2. The van der Waals surface area contributed by atoms with E-state index in [-0.39, 0.29) is 11.8 Å². The van der Waals surface area contributed by atoms with Crippen LogP contribution in [-0.4, -0.2) is 54.3 Å². The van der Waals surface area contributed by atoms with Crippen molar-refractivity contribution < 1.29 is 9.59 Å². The summed E-state index contributed by atoms with van der Waals surface area (Å²) in [5, 5.41) is 0.521. The Morgan fingerprint density at radius 3 is 2.21 bits per heavy atom. The van der Waals surface area contributed by atoms with Crippen molar-refractivity contribution in [1.82, 2.24) is 9.80 Å². The molecule has 2 aromatic rings. The van der Waals surface area contributed by atoms with Gasteiger partial charge < -0.3 is 15.5 Å². The number of nitrogens with zero attached hydrogens (tertiary/aromatic N) is 2. The lowest BCUT2D eigenvalue weighted by Crippen LogP contribution is -2.33. The summed E-state index contributed by atoms with van der Waals surface area (Å²) >= 11 is 6.20. The van der Waals surface area contributed by atoms with Crippen molar-refractivity contribution >= 4 is 23.4 Å². The summed E-state index contributed by atoms with van der Waals surface area (Å²) in [6.07, 6.45) is 1.84. The highest BCUT2D eigenvalue weighted by molar-refractivity contribution is 6.33. The van der Waals surface area contributed by atoms with Gasteiger partial charge in [0.1, 0.15) is 0 Å². The number of nitrogens with two attached hydrogens (primary N) is 1. The van der Waals surface area contributed by atoms with Crippen molar-refractivity contribution in [1.29, 1.82) is 0 Å². The molecule has 2 atom stereocenters. The summed E-state index contributed by atoms with van der Waals surface area (Å²) in [4.78, 5) is 28.8. The first-order chi connectivity index (χ1) is 14.0. The van der Waals surface area contributed by atoms with E-state index in [1.54, 1.807) is 18.2 Å². The summed E-state index contributed by atoms with van der Waals surface area (Å²) in [5.74, 6) is 0.734. The van der Waals surface area contributed by atoms with E-state index in [4.69, 9.17) is 17.3 Å². The van der Waals surface area contributed by atoms with E-state index in [0.29, 0.717) is 28.0 Å². The fourth-order valence-corrected chi connectivity index (χ4v) is 4.93. The van der Waals surface area contributed by atoms with Gasteiger partial charge in [0, 0.05) is 31.7 Å². The fraction of sp³-hybridized carbons (Fsp3) is 0.391. The molecular weight excluding hydrogens is 386 g/mol. The van der Waals surface area contributed by atoms with E-state index in [0.717, 1.165) is 51.1 Å². The van der Waals surface area contributed by atoms with Crippen LogP contribution in [0.25, 0.3) is 0 Å². The molecule has 2 heterocycles. The molecule has 0 radical (unpaired) electrons. The molecule has 2 fully saturated rings. The molecule has 2 aromatic carbocycles. The van der Waals surface area contributed by atoms with Gasteiger partial charge in [-0.05, 0) is 55.0 Å². The molecule has 0 saturated carbocycles. The maximum Gasteiger partial charge on any atom is 0.255 e. The van der Waals surface area contributed by atoms with Gasteiger partial charge in [0.15, 0.2) is 0 Å². The van der Waals surface area contributed by atoms with Crippen LogP contribution in [0.5, 0.6) is 0 Å². The number of rotatable bonds is 6. The normalized spacial score (nSPS) is 21.3. The van der Waals surface area contributed by atoms with Gasteiger partial charge in [-0.15, -0.1) is 0 Å². The van der Waals surface area contributed by atoms with Crippen molar-refractivity contribution in [2.45, 2.75) is 12.8 Å². The van der Waals surface area contributed by atoms with Crippen LogP contribution >= 0.6 is 11.6 Å². The zero-order valence-electron chi connectivity index (χ0n) is 16.4.